The molecule has 3 unspecified atom stereocenters. The van der Waals surface area contributed by atoms with Gasteiger partial charge in [-0.1, -0.05) is 75.4 Å². The summed E-state index contributed by atoms with van der Waals surface area (Å²) in [7, 11) is 0. The monoisotopic (exact) mass is 460 g/mol. The van der Waals surface area contributed by atoms with Crippen molar-refractivity contribution in [3.8, 4) is 0 Å². The lowest BCUT2D eigenvalue weighted by Crippen LogP contribution is -2.58. The van der Waals surface area contributed by atoms with E-state index >= 15 is 0 Å². The number of fused-ring (bicyclic) bond motifs is 4. The van der Waals surface area contributed by atoms with Crippen LogP contribution >= 0.6 is 0 Å². The molecule has 2 aromatic rings. The normalized spacial score (nSPS) is 26.5. The highest BCUT2D eigenvalue weighted by Crippen LogP contribution is 2.63. The molecule has 7 nitrogen and oxygen atoms in total. The Morgan fingerprint density at radius 2 is 1.53 bits per heavy atom. The summed E-state index contributed by atoms with van der Waals surface area (Å²) in [6.07, 6.45) is 1.68. The molecule has 2 aromatic carbocycles. The number of ether oxygens (including phenoxy) is 2. The Morgan fingerprint density at radius 1 is 0.941 bits per heavy atom. The molecule has 0 aliphatic carbocycles. The van der Waals surface area contributed by atoms with Crippen molar-refractivity contribution in [2.24, 2.45) is 15.9 Å². The van der Waals surface area contributed by atoms with Crippen LogP contribution in [0.5, 0.6) is 0 Å². The highest BCUT2D eigenvalue weighted by Gasteiger charge is 2.75. The van der Waals surface area contributed by atoms with Crippen molar-refractivity contribution in [2.45, 2.75) is 58.4 Å². The molecule has 3 atom stereocenters. The van der Waals surface area contributed by atoms with E-state index in [-0.39, 0.29) is 5.78 Å². The predicted molar refractivity (Wildman–Crippen MR) is 125 cm³/mol. The molecule has 0 N–H and O–H groups in total. The van der Waals surface area contributed by atoms with Crippen molar-refractivity contribution >= 4 is 23.9 Å². The van der Waals surface area contributed by atoms with Crippen LogP contribution in [0.25, 0.3) is 0 Å². The summed E-state index contributed by atoms with van der Waals surface area (Å²) in [5, 5.41) is 6.28. The smallest absolute Gasteiger partial charge is 0.330 e. The SMILES string of the molecule is CC1(C)OC(=O)C2(C(=O)O1)C(c1ccccc1)C(C(=O)C(C)(C)C)N1N=Cc3ccccc3C12. The van der Waals surface area contributed by atoms with Crippen molar-refractivity contribution in [3.63, 3.8) is 0 Å². The minimum atomic E-state index is -1.81. The first-order valence-electron chi connectivity index (χ1n) is 11.5. The Labute approximate surface area is 198 Å². The Hall–Kier alpha value is -3.48. The number of cyclic esters (lactones) is 2. The average molecular weight is 461 g/mol. The van der Waals surface area contributed by atoms with Gasteiger partial charge in [0, 0.05) is 25.2 Å². The van der Waals surface area contributed by atoms with E-state index in [9.17, 15) is 14.4 Å². The fourth-order valence-corrected chi connectivity index (χ4v) is 5.49. The molecule has 3 aliphatic rings. The van der Waals surface area contributed by atoms with Crippen molar-refractivity contribution in [3.05, 3.63) is 71.3 Å². The van der Waals surface area contributed by atoms with Crippen LogP contribution in [0.2, 0.25) is 0 Å². The Kier molecular flexibility index (Phi) is 4.76. The molecule has 0 amide bonds. The second-order valence-corrected chi connectivity index (χ2v) is 10.7. The van der Waals surface area contributed by atoms with E-state index in [2.05, 4.69) is 5.10 Å². The number of hydrogen-bond donors (Lipinski definition) is 0. The minimum Gasteiger partial charge on any atom is -0.422 e. The molecule has 0 aromatic heterocycles. The minimum absolute atomic E-state index is 0.120. The summed E-state index contributed by atoms with van der Waals surface area (Å²) in [6.45, 7) is 8.56. The van der Waals surface area contributed by atoms with Gasteiger partial charge in [0.15, 0.2) is 5.78 Å². The second kappa shape index (κ2) is 7.26. The molecule has 5 rings (SSSR count). The lowest BCUT2D eigenvalue weighted by molar-refractivity contribution is -0.254. The van der Waals surface area contributed by atoms with E-state index in [1.807, 2.05) is 75.4 Å². The van der Waals surface area contributed by atoms with Gasteiger partial charge >= 0.3 is 11.9 Å². The Morgan fingerprint density at radius 3 is 2.15 bits per heavy atom. The van der Waals surface area contributed by atoms with Gasteiger partial charge < -0.3 is 9.47 Å². The first-order valence-corrected chi connectivity index (χ1v) is 11.5. The van der Waals surface area contributed by atoms with Crippen LogP contribution in [0, 0.1) is 10.8 Å². The van der Waals surface area contributed by atoms with E-state index in [4.69, 9.17) is 9.47 Å². The molecule has 2 fully saturated rings. The number of carbonyl (C=O) groups is 3. The first-order chi connectivity index (χ1) is 16.0. The molecule has 3 heterocycles. The van der Waals surface area contributed by atoms with Crippen molar-refractivity contribution < 1.29 is 23.9 Å². The zero-order valence-electron chi connectivity index (χ0n) is 19.9. The third-order valence-corrected chi connectivity index (χ3v) is 6.93. The van der Waals surface area contributed by atoms with Crippen LogP contribution < -0.4 is 0 Å². The topological polar surface area (TPSA) is 85.3 Å². The summed E-state index contributed by atoms with van der Waals surface area (Å²) in [5.41, 5.74) is -0.362. The Bertz CT molecular complexity index is 1190. The van der Waals surface area contributed by atoms with Crippen LogP contribution in [-0.4, -0.2) is 40.8 Å². The van der Waals surface area contributed by atoms with Gasteiger partial charge in [0.25, 0.3) is 5.79 Å². The Balaban J connectivity index is 1.85. The van der Waals surface area contributed by atoms with Crippen molar-refractivity contribution in [1.82, 2.24) is 5.01 Å². The molecule has 7 heteroatoms. The number of benzene rings is 2. The third-order valence-electron chi connectivity index (χ3n) is 6.93. The molecule has 0 radical (unpaired) electrons. The molecule has 3 aliphatic heterocycles. The van der Waals surface area contributed by atoms with Crippen molar-refractivity contribution in [2.75, 3.05) is 0 Å². The molecule has 0 bridgehead atoms. The number of esters is 2. The van der Waals surface area contributed by atoms with E-state index in [0.29, 0.717) is 5.56 Å². The van der Waals surface area contributed by atoms with Crippen LogP contribution in [0.3, 0.4) is 0 Å². The predicted octanol–water partition coefficient (Wildman–Crippen LogP) is 3.98. The quantitative estimate of drug-likeness (QED) is 0.498. The summed E-state index contributed by atoms with van der Waals surface area (Å²) in [6, 6.07) is 14.9. The lowest BCUT2D eigenvalue weighted by Gasteiger charge is -2.44. The van der Waals surface area contributed by atoms with Gasteiger partial charge in [0.2, 0.25) is 5.41 Å². The van der Waals surface area contributed by atoms with Gasteiger partial charge in [-0.2, -0.15) is 5.10 Å². The fraction of sp³-hybridized carbons (Fsp3) is 0.407. The second-order valence-electron chi connectivity index (χ2n) is 10.7. The summed E-state index contributed by atoms with van der Waals surface area (Å²) < 4.78 is 11.5. The zero-order chi connectivity index (χ0) is 24.5. The number of Topliss-reactive ketones (excluding diaryl/α,β-unsaturated/α-hetero) is 1. The summed E-state index contributed by atoms with van der Waals surface area (Å²) in [5.74, 6) is -3.79. The standard InChI is InChI=1S/C27H28N2O5/c1-25(2,3)22(30)20-19(16-11-7-6-8-12-16)27(23(31)33-26(4,5)34-24(27)32)21-18-14-10-9-13-17(18)15-28-29(20)21/h6-15,19-21H,1-5H3. The molecular weight excluding hydrogens is 432 g/mol. The number of nitrogens with zero attached hydrogens (tertiary/aromatic N) is 2. The van der Waals surface area contributed by atoms with Crippen LogP contribution in [0.4, 0.5) is 0 Å². The summed E-state index contributed by atoms with van der Waals surface area (Å²) in [4.78, 5) is 42.0. The number of rotatable bonds is 2. The van der Waals surface area contributed by atoms with Gasteiger partial charge in [0.1, 0.15) is 12.1 Å². The van der Waals surface area contributed by atoms with Gasteiger partial charge in [-0.05, 0) is 16.7 Å². The van der Waals surface area contributed by atoms with Crippen molar-refractivity contribution in [1.29, 1.82) is 0 Å². The molecule has 1 spiro atoms. The zero-order valence-corrected chi connectivity index (χ0v) is 19.9. The largest absolute Gasteiger partial charge is 0.422 e. The fourth-order valence-electron chi connectivity index (χ4n) is 5.49. The first kappa shape index (κ1) is 22.3. The van der Waals surface area contributed by atoms with E-state index in [1.54, 1.807) is 11.2 Å². The highest BCUT2D eigenvalue weighted by molar-refractivity contribution is 6.07. The van der Waals surface area contributed by atoms with Gasteiger partial charge in [-0.3, -0.25) is 19.4 Å². The summed E-state index contributed by atoms with van der Waals surface area (Å²) >= 11 is 0. The molecule has 34 heavy (non-hydrogen) atoms. The van der Waals surface area contributed by atoms with Crippen LogP contribution in [0.15, 0.2) is 59.7 Å². The maximum absolute atomic E-state index is 14.0. The highest BCUT2D eigenvalue weighted by atomic mass is 16.7. The van der Waals surface area contributed by atoms with Gasteiger partial charge in [-0.25, -0.2) is 0 Å². The lowest BCUT2D eigenvalue weighted by atomic mass is 9.64. The third kappa shape index (κ3) is 3.02. The van der Waals surface area contributed by atoms with E-state index < -0.39 is 46.6 Å². The molecule has 176 valence electrons. The number of ketones is 1. The number of hydrazone groups is 1. The maximum Gasteiger partial charge on any atom is 0.330 e. The maximum atomic E-state index is 14.0. The van der Waals surface area contributed by atoms with Gasteiger partial charge in [0.05, 0.1) is 6.21 Å². The molecule has 0 saturated carbocycles. The average Bonchev–Trinajstić information content (AvgIpc) is 3.09. The number of carbonyl (C=O) groups excluding carboxylic acids is 3. The van der Waals surface area contributed by atoms with E-state index in [0.717, 1.165) is 11.1 Å². The number of hydrogen-bond acceptors (Lipinski definition) is 7. The van der Waals surface area contributed by atoms with Gasteiger partial charge in [-0.15, -0.1) is 0 Å². The molecular formula is C27H28N2O5. The van der Waals surface area contributed by atoms with E-state index in [1.165, 1.54) is 13.8 Å². The molecule has 2 saturated heterocycles. The van der Waals surface area contributed by atoms with Crippen LogP contribution in [0.1, 0.15) is 63.3 Å². The van der Waals surface area contributed by atoms with Crippen LogP contribution in [-0.2, 0) is 23.9 Å².